The van der Waals surface area contributed by atoms with E-state index in [1.165, 1.54) is 12.8 Å². The maximum atomic E-state index is 12.2. The maximum absolute atomic E-state index is 12.2. The van der Waals surface area contributed by atoms with Gasteiger partial charge in [-0.1, -0.05) is 31.0 Å². The second-order valence-electron chi connectivity index (χ2n) is 4.60. The van der Waals surface area contributed by atoms with Gasteiger partial charge in [0.25, 0.3) is 0 Å². The molecule has 0 atom stereocenters. The van der Waals surface area contributed by atoms with Gasteiger partial charge in [0.1, 0.15) is 0 Å². The molecule has 1 saturated heterocycles. The summed E-state index contributed by atoms with van der Waals surface area (Å²) < 4.78 is 0. The molecule has 1 amide bonds. The van der Waals surface area contributed by atoms with Gasteiger partial charge in [0, 0.05) is 18.0 Å². The van der Waals surface area contributed by atoms with Crippen molar-refractivity contribution in [1.29, 1.82) is 0 Å². The molecule has 0 spiro atoms. The highest BCUT2D eigenvalue weighted by atomic mass is 32.1. The first-order valence-electron chi connectivity index (χ1n) is 6.32. The third-order valence-corrected chi connectivity index (χ3v) is 3.73. The second-order valence-corrected chi connectivity index (χ2v) is 5.08. The van der Waals surface area contributed by atoms with Crippen LogP contribution >= 0.6 is 12.6 Å². The minimum atomic E-state index is 0.244. The number of benzene rings is 1. The maximum Gasteiger partial charge on any atom is 0.227 e. The highest BCUT2D eigenvalue weighted by Crippen LogP contribution is 2.16. The summed E-state index contributed by atoms with van der Waals surface area (Å²) in [6.07, 6.45) is 5.29. The zero-order valence-corrected chi connectivity index (χ0v) is 11.0. The molecule has 0 saturated carbocycles. The zero-order valence-electron chi connectivity index (χ0n) is 10.1. The molecular weight excluding hydrogens is 230 g/mol. The summed E-state index contributed by atoms with van der Waals surface area (Å²) in [6, 6.07) is 7.83. The summed E-state index contributed by atoms with van der Waals surface area (Å²) in [5.41, 5.74) is 1.03. The molecule has 1 aliphatic rings. The van der Waals surface area contributed by atoms with Gasteiger partial charge in [0.05, 0.1) is 6.42 Å². The number of thiol groups is 1. The molecule has 0 aliphatic carbocycles. The van der Waals surface area contributed by atoms with Crippen LogP contribution in [0.25, 0.3) is 0 Å². The number of hydrogen-bond acceptors (Lipinski definition) is 2. The fourth-order valence-corrected chi connectivity index (χ4v) is 2.49. The van der Waals surface area contributed by atoms with Crippen molar-refractivity contribution >= 4 is 18.5 Å². The van der Waals surface area contributed by atoms with Crippen molar-refractivity contribution in [3.8, 4) is 0 Å². The number of carbonyl (C=O) groups is 1. The van der Waals surface area contributed by atoms with Crippen LogP contribution in [-0.2, 0) is 11.2 Å². The molecule has 1 aliphatic heterocycles. The van der Waals surface area contributed by atoms with Crippen LogP contribution in [0.2, 0.25) is 0 Å². The Morgan fingerprint density at radius 2 is 1.76 bits per heavy atom. The van der Waals surface area contributed by atoms with Crippen LogP contribution in [0.3, 0.4) is 0 Å². The van der Waals surface area contributed by atoms with Crippen molar-refractivity contribution in [2.75, 3.05) is 13.1 Å². The van der Waals surface area contributed by atoms with Crippen LogP contribution in [0.15, 0.2) is 29.2 Å². The Labute approximate surface area is 108 Å². The van der Waals surface area contributed by atoms with Crippen LogP contribution in [0, 0.1) is 0 Å². The van der Waals surface area contributed by atoms with E-state index in [1.54, 1.807) is 0 Å². The summed E-state index contributed by atoms with van der Waals surface area (Å²) in [4.78, 5) is 15.1. The van der Waals surface area contributed by atoms with Crippen molar-refractivity contribution in [2.45, 2.75) is 37.0 Å². The fraction of sp³-hybridized carbons (Fsp3) is 0.500. The average Bonchev–Trinajstić information content (AvgIpc) is 2.61. The van der Waals surface area contributed by atoms with Gasteiger partial charge in [0.2, 0.25) is 5.91 Å². The second kappa shape index (κ2) is 6.10. The smallest absolute Gasteiger partial charge is 0.227 e. The molecule has 1 heterocycles. The van der Waals surface area contributed by atoms with Crippen molar-refractivity contribution in [3.63, 3.8) is 0 Å². The molecular formula is C14H19NOS. The van der Waals surface area contributed by atoms with Gasteiger partial charge in [-0.25, -0.2) is 0 Å². The molecule has 0 N–H and O–H groups in total. The summed E-state index contributed by atoms with van der Waals surface area (Å²) in [5.74, 6) is 0.244. The lowest BCUT2D eigenvalue weighted by Crippen LogP contribution is -2.33. The summed E-state index contributed by atoms with van der Waals surface area (Å²) in [7, 11) is 0. The Hall–Kier alpha value is -0.960. The molecule has 92 valence electrons. The number of hydrogen-bond donors (Lipinski definition) is 1. The van der Waals surface area contributed by atoms with Gasteiger partial charge in [-0.3, -0.25) is 4.79 Å². The Bertz CT molecular complexity index is 384. The molecule has 3 heteroatoms. The van der Waals surface area contributed by atoms with E-state index in [2.05, 4.69) is 12.6 Å². The van der Waals surface area contributed by atoms with Gasteiger partial charge in [-0.2, -0.15) is 0 Å². The van der Waals surface area contributed by atoms with Gasteiger partial charge >= 0.3 is 0 Å². The van der Waals surface area contributed by atoms with E-state index in [-0.39, 0.29) is 5.91 Å². The van der Waals surface area contributed by atoms with Gasteiger partial charge < -0.3 is 4.90 Å². The van der Waals surface area contributed by atoms with Crippen molar-refractivity contribution in [2.24, 2.45) is 0 Å². The molecule has 17 heavy (non-hydrogen) atoms. The van der Waals surface area contributed by atoms with E-state index >= 15 is 0 Å². The fourth-order valence-electron chi connectivity index (χ4n) is 2.26. The van der Waals surface area contributed by atoms with Crippen LogP contribution in [0.5, 0.6) is 0 Å². The molecule has 0 aromatic heterocycles. The first kappa shape index (κ1) is 12.5. The summed E-state index contributed by atoms with van der Waals surface area (Å²) in [5, 5.41) is 0. The number of carbonyl (C=O) groups excluding carboxylic acids is 1. The lowest BCUT2D eigenvalue weighted by Gasteiger charge is -2.20. The van der Waals surface area contributed by atoms with Crippen molar-refractivity contribution in [1.82, 2.24) is 4.90 Å². The van der Waals surface area contributed by atoms with Crippen molar-refractivity contribution < 1.29 is 4.79 Å². The summed E-state index contributed by atoms with van der Waals surface area (Å²) >= 11 is 4.39. The molecule has 1 aromatic rings. The van der Waals surface area contributed by atoms with E-state index in [1.807, 2.05) is 29.2 Å². The number of amides is 1. The lowest BCUT2D eigenvalue weighted by atomic mass is 10.1. The first-order chi connectivity index (χ1) is 8.27. The van der Waals surface area contributed by atoms with Gasteiger partial charge in [0.15, 0.2) is 0 Å². The highest BCUT2D eigenvalue weighted by Gasteiger charge is 2.16. The van der Waals surface area contributed by atoms with E-state index in [0.717, 1.165) is 36.4 Å². The van der Waals surface area contributed by atoms with E-state index in [4.69, 9.17) is 0 Å². The first-order valence-corrected chi connectivity index (χ1v) is 6.77. The van der Waals surface area contributed by atoms with E-state index < -0.39 is 0 Å². The van der Waals surface area contributed by atoms with Crippen LogP contribution in [0.1, 0.15) is 31.2 Å². The largest absolute Gasteiger partial charge is 0.342 e. The predicted molar refractivity (Wildman–Crippen MR) is 72.4 cm³/mol. The number of likely N-dealkylation sites (tertiary alicyclic amines) is 1. The minimum absolute atomic E-state index is 0.244. The molecule has 0 bridgehead atoms. The monoisotopic (exact) mass is 249 g/mol. The Morgan fingerprint density at radius 3 is 2.41 bits per heavy atom. The third kappa shape index (κ3) is 3.50. The van der Waals surface area contributed by atoms with Crippen LogP contribution in [-0.4, -0.2) is 23.9 Å². The normalized spacial score (nSPS) is 16.6. The quantitative estimate of drug-likeness (QED) is 0.799. The lowest BCUT2D eigenvalue weighted by molar-refractivity contribution is -0.130. The summed E-state index contributed by atoms with van der Waals surface area (Å²) in [6.45, 7) is 1.85. The molecule has 1 aromatic carbocycles. The predicted octanol–water partition coefficient (Wildman–Crippen LogP) is 2.92. The Morgan fingerprint density at radius 1 is 1.12 bits per heavy atom. The molecule has 1 fully saturated rings. The molecule has 2 nitrogen and oxygen atoms in total. The van der Waals surface area contributed by atoms with Crippen molar-refractivity contribution in [3.05, 3.63) is 29.8 Å². The van der Waals surface area contributed by atoms with Crippen LogP contribution in [0.4, 0.5) is 0 Å². The molecule has 2 rings (SSSR count). The number of nitrogens with zero attached hydrogens (tertiary/aromatic N) is 1. The highest BCUT2D eigenvalue weighted by molar-refractivity contribution is 7.80. The third-order valence-electron chi connectivity index (χ3n) is 3.29. The standard InChI is InChI=1S/C14H19NOS/c16-14(15-9-5-1-2-6-10-15)11-12-7-3-4-8-13(12)17/h3-4,7-8,17H,1-2,5-6,9-11H2. The topological polar surface area (TPSA) is 20.3 Å². The molecule has 0 radical (unpaired) electrons. The van der Waals surface area contributed by atoms with Gasteiger partial charge in [-0.15, -0.1) is 12.6 Å². The SMILES string of the molecule is O=C(Cc1ccccc1S)N1CCCCCC1. The van der Waals surface area contributed by atoms with E-state index in [9.17, 15) is 4.79 Å². The average molecular weight is 249 g/mol. The Balaban J connectivity index is 1.98. The zero-order chi connectivity index (χ0) is 12.1. The number of rotatable bonds is 2. The Kier molecular flexibility index (Phi) is 4.49. The minimum Gasteiger partial charge on any atom is -0.342 e. The van der Waals surface area contributed by atoms with Crippen LogP contribution < -0.4 is 0 Å². The van der Waals surface area contributed by atoms with Gasteiger partial charge in [-0.05, 0) is 24.5 Å². The molecule has 0 unspecified atom stereocenters. The van der Waals surface area contributed by atoms with E-state index in [0.29, 0.717) is 6.42 Å².